The Kier molecular flexibility index (Phi) is 43.5. The fraction of sp³-hybridized carbons (Fsp3) is 0.892. The Balaban J connectivity index is 1.36. The lowest BCUT2D eigenvalue weighted by atomic mass is 9.96. The molecule has 0 aliphatic carbocycles. The monoisotopic (exact) mass is 1200 g/mol. The second kappa shape index (κ2) is 47.9. The van der Waals surface area contributed by atoms with Crippen LogP contribution in [0.25, 0.3) is 0 Å². The molecule has 3 fully saturated rings. The van der Waals surface area contributed by atoms with E-state index in [1.165, 1.54) is 148 Å². The van der Waals surface area contributed by atoms with Gasteiger partial charge in [-0.3, -0.25) is 4.79 Å². The molecular weight excluding hydrogens is 1080 g/mol. The third-order valence-corrected chi connectivity index (χ3v) is 16.7. The van der Waals surface area contributed by atoms with Gasteiger partial charge in [-0.05, 0) is 44.9 Å². The highest BCUT2D eigenvalue weighted by Crippen LogP contribution is 2.33. The van der Waals surface area contributed by atoms with E-state index in [0.717, 1.165) is 57.8 Å². The lowest BCUT2D eigenvalue weighted by molar-refractivity contribution is -0.379. The van der Waals surface area contributed by atoms with Gasteiger partial charge >= 0.3 is 0 Å². The standard InChI is InChI=1S/C65H119NO18/c1-3-5-7-9-11-12-13-14-15-16-17-18-19-20-21-22-23-24-25-26-27-28-29-30-31-32-33-34-35-37-38-40-42-49(70)48(66-53(71)43-41-39-36-10-8-6-4-2)47-79-63-59(77)56(74)61(51(45-68)81-63)84-65-60(78)57(75)62(52(46-69)82-65)83-64-58(76)55(73)54(72)50(44-67)80-64/h30-31,34-35,40,42,48-52,54-65,67-70,72-78H,3-29,32-33,36-39,41,43-47H2,1-2H3,(H,66,71)/b31-30+,35-34+,42-40+. The summed E-state index contributed by atoms with van der Waals surface area (Å²) in [5.41, 5.74) is 0. The van der Waals surface area contributed by atoms with Crippen molar-refractivity contribution >= 4 is 5.91 Å². The number of nitrogens with one attached hydrogen (secondary N) is 1. The van der Waals surface area contributed by atoms with Crippen molar-refractivity contribution < 1.29 is 89.4 Å². The molecule has 0 saturated carbocycles. The van der Waals surface area contributed by atoms with Gasteiger partial charge in [0.1, 0.15) is 73.2 Å². The van der Waals surface area contributed by atoms with Gasteiger partial charge in [-0.1, -0.05) is 224 Å². The fourth-order valence-electron chi connectivity index (χ4n) is 11.2. The lowest BCUT2D eigenvalue weighted by Gasteiger charge is -2.48. The molecule has 17 atom stereocenters. The molecule has 0 bridgehead atoms. The minimum absolute atomic E-state index is 0.231. The molecule has 0 aromatic heterocycles. The van der Waals surface area contributed by atoms with Crippen molar-refractivity contribution in [3.8, 4) is 0 Å². The van der Waals surface area contributed by atoms with Crippen LogP contribution in [0.3, 0.4) is 0 Å². The molecule has 0 aromatic carbocycles. The highest BCUT2D eigenvalue weighted by atomic mass is 16.8. The second-order valence-electron chi connectivity index (χ2n) is 23.9. The van der Waals surface area contributed by atoms with Gasteiger partial charge in [0.15, 0.2) is 18.9 Å². The molecule has 84 heavy (non-hydrogen) atoms. The summed E-state index contributed by atoms with van der Waals surface area (Å²) in [6.45, 7) is 1.64. The van der Waals surface area contributed by atoms with E-state index in [0.29, 0.717) is 12.8 Å². The third kappa shape index (κ3) is 30.5. The van der Waals surface area contributed by atoms with Gasteiger partial charge in [-0.2, -0.15) is 0 Å². The molecule has 3 heterocycles. The van der Waals surface area contributed by atoms with Crippen LogP contribution >= 0.6 is 0 Å². The van der Waals surface area contributed by atoms with E-state index in [-0.39, 0.29) is 18.9 Å². The number of aliphatic hydroxyl groups excluding tert-OH is 11. The Morgan fingerprint density at radius 3 is 1.19 bits per heavy atom. The van der Waals surface area contributed by atoms with Gasteiger partial charge in [0.2, 0.25) is 5.91 Å². The average molecular weight is 1200 g/mol. The molecule has 0 aromatic rings. The summed E-state index contributed by atoms with van der Waals surface area (Å²) in [4.78, 5) is 13.2. The largest absolute Gasteiger partial charge is 0.394 e. The zero-order valence-corrected chi connectivity index (χ0v) is 51.6. The summed E-state index contributed by atoms with van der Waals surface area (Å²) in [5, 5.41) is 120. The number of allylic oxidation sites excluding steroid dienone is 5. The number of hydrogen-bond donors (Lipinski definition) is 12. The summed E-state index contributed by atoms with van der Waals surface area (Å²) in [5.74, 6) is -0.297. The summed E-state index contributed by atoms with van der Waals surface area (Å²) in [6.07, 6.45) is 27.8. The van der Waals surface area contributed by atoms with Gasteiger partial charge in [0.05, 0.1) is 38.6 Å². The number of hydrogen-bond acceptors (Lipinski definition) is 18. The number of carbonyl (C=O) groups excluding carboxylic acids is 1. The predicted molar refractivity (Wildman–Crippen MR) is 323 cm³/mol. The van der Waals surface area contributed by atoms with Gasteiger partial charge in [0, 0.05) is 6.42 Å². The number of carbonyl (C=O) groups is 1. The zero-order valence-electron chi connectivity index (χ0n) is 51.6. The van der Waals surface area contributed by atoms with E-state index in [1.807, 2.05) is 6.08 Å². The minimum atomic E-state index is -1.98. The maximum absolute atomic E-state index is 13.2. The first-order chi connectivity index (χ1) is 40.8. The normalized spacial score (nSPS) is 29.4. The number of aliphatic hydroxyl groups is 11. The van der Waals surface area contributed by atoms with Gasteiger partial charge in [-0.25, -0.2) is 0 Å². The molecule has 3 saturated heterocycles. The van der Waals surface area contributed by atoms with Gasteiger partial charge < -0.3 is 89.9 Å². The van der Waals surface area contributed by atoms with E-state index in [1.54, 1.807) is 6.08 Å². The molecule has 3 aliphatic rings. The Morgan fingerprint density at radius 1 is 0.417 bits per heavy atom. The van der Waals surface area contributed by atoms with E-state index in [9.17, 15) is 61.0 Å². The molecular formula is C65H119NO18. The first-order valence-corrected chi connectivity index (χ1v) is 33.2. The molecule has 492 valence electrons. The minimum Gasteiger partial charge on any atom is -0.394 e. The summed E-state index contributed by atoms with van der Waals surface area (Å²) < 4.78 is 34.2. The first kappa shape index (κ1) is 76.3. The van der Waals surface area contributed by atoms with Crippen LogP contribution in [-0.4, -0.2) is 193 Å². The van der Waals surface area contributed by atoms with Crippen molar-refractivity contribution in [2.45, 2.75) is 343 Å². The SMILES string of the molecule is CCCCCCCCCCCCCCCCCCCCCCCC/C=C/CC/C=C/CC/C=C/C(O)C(COC1OC(CO)C(OC2OC(CO)C(OC3OC(CO)C(O)C(O)C3O)C(O)C2O)C(O)C1O)NC(=O)CCCCCCCCC. The van der Waals surface area contributed by atoms with E-state index in [4.69, 9.17) is 28.4 Å². The number of unbranched alkanes of at least 4 members (excludes halogenated alkanes) is 30. The topological polar surface area (TPSA) is 307 Å². The lowest BCUT2D eigenvalue weighted by Crippen LogP contribution is -2.66. The van der Waals surface area contributed by atoms with E-state index in [2.05, 4.69) is 43.5 Å². The van der Waals surface area contributed by atoms with Crippen LogP contribution in [0.2, 0.25) is 0 Å². The number of amides is 1. The van der Waals surface area contributed by atoms with Crippen molar-refractivity contribution in [3.05, 3.63) is 36.5 Å². The Morgan fingerprint density at radius 2 is 0.762 bits per heavy atom. The van der Waals surface area contributed by atoms with Crippen molar-refractivity contribution in [1.29, 1.82) is 0 Å². The quantitative estimate of drug-likeness (QED) is 0.0205. The first-order valence-electron chi connectivity index (χ1n) is 33.2. The van der Waals surface area contributed by atoms with E-state index < -0.39 is 124 Å². The molecule has 19 heteroatoms. The van der Waals surface area contributed by atoms with E-state index >= 15 is 0 Å². The number of rotatable bonds is 50. The molecule has 3 rings (SSSR count). The van der Waals surface area contributed by atoms with Crippen molar-refractivity contribution in [1.82, 2.24) is 5.32 Å². The summed E-state index contributed by atoms with van der Waals surface area (Å²) in [7, 11) is 0. The molecule has 17 unspecified atom stereocenters. The maximum Gasteiger partial charge on any atom is 0.220 e. The molecule has 3 aliphatic heterocycles. The molecule has 0 spiro atoms. The highest BCUT2D eigenvalue weighted by Gasteiger charge is 2.53. The van der Waals surface area contributed by atoms with Crippen molar-refractivity contribution in [2.75, 3.05) is 26.4 Å². The highest BCUT2D eigenvalue weighted by molar-refractivity contribution is 5.76. The Hall–Kier alpha value is -1.99. The van der Waals surface area contributed by atoms with Crippen LogP contribution in [0.5, 0.6) is 0 Å². The predicted octanol–water partition coefficient (Wildman–Crippen LogP) is 7.66. The second-order valence-corrected chi connectivity index (χ2v) is 23.9. The number of ether oxygens (including phenoxy) is 6. The van der Waals surface area contributed by atoms with Crippen LogP contribution in [0, 0.1) is 0 Å². The maximum atomic E-state index is 13.2. The van der Waals surface area contributed by atoms with Crippen molar-refractivity contribution in [2.24, 2.45) is 0 Å². The van der Waals surface area contributed by atoms with Crippen LogP contribution in [0.1, 0.15) is 239 Å². The van der Waals surface area contributed by atoms with Crippen molar-refractivity contribution in [3.63, 3.8) is 0 Å². The van der Waals surface area contributed by atoms with Crippen LogP contribution in [0.4, 0.5) is 0 Å². The smallest absolute Gasteiger partial charge is 0.220 e. The molecule has 19 nitrogen and oxygen atoms in total. The summed E-state index contributed by atoms with van der Waals surface area (Å²) >= 11 is 0. The fourth-order valence-corrected chi connectivity index (χ4v) is 11.2. The molecule has 1 amide bonds. The van der Waals surface area contributed by atoms with Crippen LogP contribution in [0.15, 0.2) is 36.5 Å². The van der Waals surface area contributed by atoms with Crippen LogP contribution in [-0.2, 0) is 33.2 Å². The van der Waals surface area contributed by atoms with Gasteiger partial charge in [-0.15, -0.1) is 0 Å². The molecule has 0 radical (unpaired) electrons. The summed E-state index contributed by atoms with van der Waals surface area (Å²) in [6, 6.07) is -0.991. The zero-order chi connectivity index (χ0) is 61.2. The van der Waals surface area contributed by atoms with Gasteiger partial charge in [0.25, 0.3) is 0 Å². The average Bonchev–Trinajstić information content (AvgIpc) is 3.57. The van der Waals surface area contributed by atoms with Crippen LogP contribution < -0.4 is 5.32 Å². The molecule has 12 N–H and O–H groups in total. The Bertz CT molecular complexity index is 1670. The Labute approximate surface area is 504 Å². The third-order valence-electron chi connectivity index (χ3n) is 16.7.